The molecule has 14 heavy (non-hydrogen) atoms. The number of hydrogen-bond acceptors (Lipinski definition) is 2. The van der Waals surface area contributed by atoms with E-state index in [2.05, 4.69) is 0 Å². The van der Waals surface area contributed by atoms with Gasteiger partial charge in [0.1, 0.15) is 5.75 Å². The predicted molar refractivity (Wildman–Crippen MR) is 54.4 cm³/mol. The van der Waals surface area contributed by atoms with Crippen molar-refractivity contribution >= 4 is 12.0 Å². The number of aryl methyl sites for hydroxylation is 1. The molecule has 0 unspecified atom stereocenters. The summed E-state index contributed by atoms with van der Waals surface area (Å²) in [4.78, 5) is 10.3. The largest absolute Gasteiger partial charge is 0.496 e. The number of carboxylic acid groups (broad SMARTS) is 1. The number of methoxy groups -OCH3 is 1. The maximum absolute atomic E-state index is 10.3. The van der Waals surface area contributed by atoms with Crippen molar-refractivity contribution in [2.75, 3.05) is 7.11 Å². The van der Waals surface area contributed by atoms with Gasteiger partial charge in [-0.3, -0.25) is 0 Å². The molecule has 1 N–H and O–H groups in total. The van der Waals surface area contributed by atoms with E-state index in [0.29, 0.717) is 5.75 Å². The molecule has 0 aliphatic heterocycles. The van der Waals surface area contributed by atoms with E-state index in [0.717, 1.165) is 17.2 Å². The summed E-state index contributed by atoms with van der Waals surface area (Å²) in [6, 6.07) is 5.60. The summed E-state index contributed by atoms with van der Waals surface area (Å²) in [5.74, 6) is -0.290. The summed E-state index contributed by atoms with van der Waals surface area (Å²) in [6.07, 6.45) is 2.62. The SMILES string of the molecule is COc1ccc(C)cc1/C=C/C(=O)O. The number of carbonyl (C=O) groups is 1. The third kappa shape index (κ3) is 2.62. The lowest BCUT2D eigenvalue weighted by atomic mass is 10.1. The van der Waals surface area contributed by atoms with E-state index in [4.69, 9.17) is 9.84 Å². The minimum atomic E-state index is -0.964. The van der Waals surface area contributed by atoms with Crippen molar-refractivity contribution in [2.45, 2.75) is 6.92 Å². The first-order valence-electron chi connectivity index (χ1n) is 4.19. The third-order valence-electron chi connectivity index (χ3n) is 1.79. The Morgan fingerprint density at radius 2 is 2.21 bits per heavy atom. The van der Waals surface area contributed by atoms with E-state index in [-0.39, 0.29) is 0 Å². The Morgan fingerprint density at radius 3 is 2.79 bits per heavy atom. The van der Waals surface area contributed by atoms with Crippen molar-refractivity contribution < 1.29 is 14.6 Å². The molecular formula is C11H12O3. The highest BCUT2D eigenvalue weighted by molar-refractivity contribution is 5.85. The summed E-state index contributed by atoms with van der Waals surface area (Å²) in [6.45, 7) is 1.94. The van der Waals surface area contributed by atoms with Gasteiger partial charge in [0.15, 0.2) is 0 Å². The van der Waals surface area contributed by atoms with Crippen molar-refractivity contribution in [1.29, 1.82) is 0 Å². The molecule has 1 aromatic rings. The zero-order valence-corrected chi connectivity index (χ0v) is 8.15. The van der Waals surface area contributed by atoms with E-state index < -0.39 is 5.97 Å². The summed E-state index contributed by atoms with van der Waals surface area (Å²) in [5, 5.41) is 8.48. The molecule has 0 aliphatic rings. The van der Waals surface area contributed by atoms with E-state index in [1.807, 2.05) is 25.1 Å². The Kier molecular flexibility index (Phi) is 3.29. The average Bonchev–Trinajstić information content (AvgIpc) is 2.15. The Hall–Kier alpha value is -1.77. The van der Waals surface area contributed by atoms with Crippen LogP contribution in [-0.2, 0) is 4.79 Å². The van der Waals surface area contributed by atoms with Gasteiger partial charge < -0.3 is 9.84 Å². The first-order chi connectivity index (χ1) is 6.63. The van der Waals surface area contributed by atoms with Gasteiger partial charge in [-0.1, -0.05) is 11.6 Å². The highest BCUT2D eigenvalue weighted by Crippen LogP contribution is 2.20. The molecule has 3 nitrogen and oxygen atoms in total. The van der Waals surface area contributed by atoms with Crippen molar-refractivity contribution in [3.63, 3.8) is 0 Å². The molecule has 0 fully saturated rings. The lowest BCUT2D eigenvalue weighted by Crippen LogP contribution is -1.90. The van der Waals surface area contributed by atoms with Gasteiger partial charge in [0.05, 0.1) is 7.11 Å². The second-order valence-corrected chi connectivity index (χ2v) is 2.92. The molecule has 74 valence electrons. The Balaban J connectivity index is 3.04. The molecular weight excluding hydrogens is 180 g/mol. The summed E-state index contributed by atoms with van der Waals surface area (Å²) in [5.41, 5.74) is 1.84. The standard InChI is InChI=1S/C11H12O3/c1-8-3-5-10(14-2)9(7-8)4-6-11(12)13/h3-7H,1-2H3,(H,12,13)/b6-4+. The van der Waals surface area contributed by atoms with Gasteiger partial charge in [0, 0.05) is 11.6 Å². The van der Waals surface area contributed by atoms with Gasteiger partial charge in [-0.25, -0.2) is 4.79 Å². The number of benzene rings is 1. The molecule has 0 radical (unpaired) electrons. The molecule has 1 rings (SSSR count). The van der Waals surface area contributed by atoms with Crippen LogP contribution < -0.4 is 4.74 Å². The first kappa shape index (κ1) is 10.3. The number of rotatable bonds is 3. The second kappa shape index (κ2) is 4.46. The van der Waals surface area contributed by atoms with Gasteiger partial charge in [-0.15, -0.1) is 0 Å². The molecule has 0 bridgehead atoms. The Labute approximate surface area is 82.6 Å². The summed E-state index contributed by atoms with van der Waals surface area (Å²) < 4.78 is 5.09. The summed E-state index contributed by atoms with van der Waals surface area (Å²) >= 11 is 0. The highest BCUT2D eigenvalue weighted by Gasteiger charge is 1.99. The highest BCUT2D eigenvalue weighted by atomic mass is 16.5. The molecule has 0 saturated heterocycles. The maximum Gasteiger partial charge on any atom is 0.328 e. The molecule has 0 spiro atoms. The van der Waals surface area contributed by atoms with Crippen LogP contribution in [0.2, 0.25) is 0 Å². The van der Waals surface area contributed by atoms with Gasteiger partial charge >= 0.3 is 5.97 Å². The summed E-state index contributed by atoms with van der Waals surface area (Å²) in [7, 11) is 1.56. The predicted octanol–water partition coefficient (Wildman–Crippen LogP) is 2.10. The van der Waals surface area contributed by atoms with E-state index in [1.54, 1.807) is 7.11 Å². The van der Waals surface area contributed by atoms with Gasteiger partial charge in [0.2, 0.25) is 0 Å². The second-order valence-electron chi connectivity index (χ2n) is 2.92. The molecule has 0 aromatic heterocycles. The Morgan fingerprint density at radius 1 is 1.50 bits per heavy atom. The maximum atomic E-state index is 10.3. The van der Waals surface area contributed by atoms with Crippen molar-refractivity contribution in [3.8, 4) is 5.75 Å². The van der Waals surface area contributed by atoms with Crippen molar-refractivity contribution in [3.05, 3.63) is 35.4 Å². The average molecular weight is 192 g/mol. The van der Waals surface area contributed by atoms with Gasteiger partial charge in [-0.2, -0.15) is 0 Å². The fourth-order valence-corrected chi connectivity index (χ4v) is 1.15. The number of carboxylic acids is 1. The van der Waals surface area contributed by atoms with Crippen LogP contribution >= 0.6 is 0 Å². The lowest BCUT2D eigenvalue weighted by Gasteiger charge is -2.04. The number of hydrogen-bond donors (Lipinski definition) is 1. The van der Waals surface area contributed by atoms with Crippen LogP contribution in [0.25, 0.3) is 6.08 Å². The van der Waals surface area contributed by atoms with E-state index >= 15 is 0 Å². The van der Waals surface area contributed by atoms with Crippen LogP contribution in [0, 0.1) is 6.92 Å². The van der Waals surface area contributed by atoms with Crippen LogP contribution in [-0.4, -0.2) is 18.2 Å². The van der Waals surface area contributed by atoms with Crippen LogP contribution in [0.3, 0.4) is 0 Å². The van der Waals surface area contributed by atoms with E-state index in [1.165, 1.54) is 6.08 Å². The van der Waals surface area contributed by atoms with Crippen molar-refractivity contribution in [1.82, 2.24) is 0 Å². The number of aliphatic carboxylic acids is 1. The zero-order chi connectivity index (χ0) is 10.6. The fourth-order valence-electron chi connectivity index (χ4n) is 1.15. The molecule has 0 amide bonds. The molecule has 3 heteroatoms. The topological polar surface area (TPSA) is 46.5 Å². The molecule has 1 aromatic carbocycles. The quantitative estimate of drug-likeness (QED) is 0.746. The van der Waals surface area contributed by atoms with E-state index in [9.17, 15) is 4.79 Å². The molecule has 0 aliphatic carbocycles. The minimum Gasteiger partial charge on any atom is -0.496 e. The fraction of sp³-hybridized carbons (Fsp3) is 0.182. The van der Waals surface area contributed by atoms with Crippen molar-refractivity contribution in [2.24, 2.45) is 0 Å². The monoisotopic (exact) mass is 192 g/mol. The smallest absolute Gasteiger partial charge is 0.328 e. The number of ether oxygens (including phenoxy) is 1. The third-order valence-corrected chi connectivity index (χ3v) is 1.79. The van der Waals surface area contributed by atoms with Gasteiger partial charge in [0.25, 0.3) is 0 Å². The molecule has 0 heterocycles. The lowest BCUT2D eigenvalue weighted by molar-refractivity contribution is -0.131. The Bertz CT molecular complexity index is 367. The first-order valence-corrected chi connectivity index (χ1v) is 4.19. The normalized spacial score (nSPS) is 10.4. The molecule has 0 atom stereocenters. The zero-order valence-electron chi connectivity index (χ0n) is 8.15. The molecule has 0 saturated carbocycles. The van der Waals surface area contributed by atoms with Crippen LogP contribution in [0.5, 0.6) is 5.75 Å². The minimum absolute atomic E-state index is 0.674. The van der Waals surface area contributed by atoms with Gasteiger partial charge in [-0.05, 0) is 25.1 Å². The van der Waals surface area contributed by atoms with Crippen LogP contribution in [0.1, 0.15) is 11.1 Å². The van der Waals surface area contributed by atoms with Crippen LogP contribution in [0.15, 0.2) is 24.3 Å². The van der Waals surface area contributed by atoms with Crippen LogP contribution in [0.4, 0.5) is 0 Å².